The predicted molar refractivity (Wildman–Crippen MR) is 115 cm³/mol. The maximum atomic E-state index is 13.3. The molecule has 0 amide bonds. The van der Waals surface area contributed by atoms with Crippen molar-refractivity contribution in [2.24, 2.45) is 5.92 Å². The summed E-state index contributed by atoms with van der Waals surface area (Å²) in [5.41, 5.74) is 3.74. The van der Waals surface area contributed by atoms with E-state index in [0.29, 0.717) is 36.9 Å². The van der Waals surface area contributed by atoms with Gasteiger partial charge in [-0.05, 0) is 62.4 Å². The fraction of sp³-hybridized carbons (Fsp3) is 0.440. The molecule has 0 spiro atoms. The van der Waals surface area contributed by atoms with Gasteiger partial charge in [-0.25, -0.2) is 0 Å². The van der Waals surface area contributed by atoms with Crippen LogP contribution in [0.15, 0.2) is 30.3 Å². The highest BCUT2D eigenvalue weighted by atomic mass is 16.5. The van der Waals surface area contributed by atoms with Crippen LogP contribution in [0.5, 0.6) is 0 Å². The summed E-state index contributed by atoms with van der Waals surface area (Å²) in [6.45, 7) is 3.56. The van der Waals surface area contributed by atoms with Crippen molar-refractivity contribution in [3.63, 3.8) is 0 Å². The van der Waals surface area contributed by atoms with Gasteiger partial charge in [0, 0.05) is 29.0 Å². The van der Waals surface area contributed by atoms with Gasteiger partial charge in [0.05, 0.1) is 49.1 Å². The van der Waals surface area contributed by atoms with Crippen molar-refractivity contribution < 1.29 is 14.6 Å². The predicted octanol–water partition coefficient (Wildman–Crippen LogP) is 2.44. The number of hydrogen-bond donors (Lipinski definition) is 1. The number of fused-ring (bicyclic) bond motifs is 2. The zero-order valence-electron chi connectivity index (χ0n) is 17.5. The molecule has 3 atom stereocenters. The zero-order chi connectivity index (χ0) is 21.5. The number of aromatic nitrogens is 1. The Labute approximate surface area is 182 Å². The number of ether oxygens (including phenoxy) is 1. The van der Waals surface area contributed by atoms with Crippen molar-refractivity contribution in [1.29, 1.82) is 5.26 Å². The normalized spacial score (nSPS) is 25.0. The van der Waals surface area contributed by atoms with Gasteiger partial charge in [-0.15, -0.1) is 0 Å². The largest absolute Gasteiger partial charge is 0.391 e. The van der Waals surface area contributed by atoms with Gasteiger partial charge in [-0.2, -0.15) is 5.26 Å². The van der Waals surface area contributed by atoms with Gasteiger partial charge < -0.3 is 14.4 Å². The number of benzene rings is 1. The molecule has 158 valence electrons. The number of hydrogen-bond acceptors (Lipinski definition) is 5. The molecule has 0 saturated carbocycles. The Bertz CT molecular complexity index is 1110. The number of carbonyl (C=O) groups excluding carboxylic acids is 1. The van der Waals surface area contributed by atoms with Gasteiger partial charge in [-0.3, -0.25) is 9.69 Å². The van der Waals surface area contributed by atoms with Crippen molar-refractivity contribution in [1.82, 2.24) is 9.47 Å². The van der Waals surface area contributed by atoms with Crippen LogP contribution < -0.4 is 0 Å². The Morgan fingerprint density at radius 1 is 1.26 bits per heavy atom. The second-order valence-electron chi connectivity index (χ2n) is 8.72. The molecule has 0 aliphatic carbocycles. The second kappa shape index (κ2) is 7.98. The molecule has 3 aliphatic rings. The molecular formula is C25H25N3O3. The molecule has 2 unspecified atom stereocenters. The maximum Gasteiger partial charge on any atom is 0.178 e. The topological polar surface area (TPSA) is 78.5 Å². The minimum absolute atomic E-state index is 0.0610. The van der Waals surface area contributed by atoms with Crippen LogP contribution >= 0.6 is 0 Å². The average Bonchev–Trinajstić information content (AvgIpc) is 3.37. The van der Waals surface area contributed by atoms with Gasteiger partial charge >= 0.3 is 0 Å². The first-order chi connectivity index (χ1) is 15.0. The van der Waals surface area contributed by atoms with Gasteiger partial charge in [0.15, 0.2) is 5.78 Å². The molecule has 2 aromatic rings. The van der Waals surface area contributed by atoms with Crippen molar-refractivity contribution in [3.8, 4) is 23.6 Å². The van der Waals surface area contributed by atoms with Gasteiger partial charge in [0.2, 0.25) is 0 Å². The standard InChI is InChI=1S/C25H25N3O3/c1-16-22(25(30)13-27-20-8-9-23(27)24(29)11-20)10-21(7-4-18-14-31-15-18)28(16)19-5-2-17(12-26)3-6-19/h2-3,5-6,10,18,20,23-24,29H,8-9,11,13-15H2,1H3/t20?,23?,24-/m1/s1. The molecule has 1 aromatic heterocycles. The van der Waals surface area contributed by atoms with Crippen LogP contribution in [-0.4, -0.2) is 58.3 Å². The number of ketones is 1. The number of Topliss-reactive ketones (excluding diaryl/α,β-unsaturated/α-hetero) is 1. The molecule has 5 rings (SSSR count). The number of nitriles is 1. The smallest absolute Gasteiger partial charge is 0.178 e. The quantitative estimate of drug-likeness (QED) is 0.613. The summed E-state index contributed by atoms with van der Waals surface area (Å²) in [7, 11) is 0. The maximum absolute atomic E-state index is 13.3. The summed E-state index contributed by atoms with van der Waals surface area (Å²) in [6, 6.07) is 11.8. The lowest BCUT2D eigenvalue weighted by Crippen LogP contribution is -2.36. The van der Waals surface area contributed by atoms with Gasteiger partial charge in [0.1, 0.15) is 0 Å². The number of rotatable bonds is 4. The van der Waals surface area contributed by atoms with Crippen molar-refractivity contribution in [3.05, 3.63) is 52.8 Å². The monoisotopic (exact) mass is 415 g/mol. The second-order valence-corrected chi connectivity index (χ2v) is 8.72. The summed E-state index contributed by atoms with van der Waals surface area (Å²) < 4.78 is 7.21. The highest BCUT2D eigenvalue weighted by Gasteiger charge is 2.46. The van der Waals surface area contributed by atoms with Gasteiger partial charge in [0.25, 0.3) is 0 Å². The molecule has 1 N–H and O–H groups in total. The molecule has 3 aliphatic heterocycles. The van der Waals surface area contributed by atoms with E-state index in [1.165, 1.54) is 0 Å². The van der Waals surface area contributed by atoms with Gasteiger partial charge in [-0.1, -0.05) is 5.92 Å². The van der Waals surface area contributed by atoms with E-state index in [1.54, 1.807) is 12.1 Å². The SMILES string of the molecule is Cc1c(C(=O)CN2C3CCC2[C@H](O)C3)cc(C#CC2COC2)n1-c1ccc(C#N)cc1. The van der Waals surface area contributed by atoms with Crippen molar-refractivity contribution >= 4 is 5.78 Å². The Morgan fingerprint density at radius 2 is 2.03 bits per heavy atom. The molecule has 31 heavy (non-hydrogen) atoms. The molecule has 3 fully saturated rings. The molecule has 4 heterocycles. The molecule has 3 saturated heterocycles. The first-order valence-electron chi connectivity index (χ1n) is 10.8. The molecule has 0 radical (unpaired) electrons. The van der Waals surface area contributed by atoms with Crippen LogP contribution in [0.1, 0.15) is 46.6 Å². The summed E-state index contributed by atoms with van der Waals surface area (Å²) in [4.78, 5) is 15.5. The minimum Gasteiger partial charge on any atom is -0.391 e. The first-order valence-corrected chi connectivity index (χ1v) is 10.8. The van der Waals surface area contributed by atoms with E-state index in [4.69, 9.17) is 10.00 Å². The summed E-state index contributed by atoms with van der Waals surface area (Å²) in [5, 5.41) is 19.3. The van der Waals surface area contributed by atoms with E-state index in [1.807, 2.05) is 29.7 Å². The van der Waals surface area contributed by atoms with Crippen LogP contribution in [0, 0.1) is 36.0 Å². The molecular weight excluding hydrogens is 390 g/mol. The van der Waals surface area contributed by atoms with E-state index < -0.39 is 0 Å². The van der Waals surface area contributed by atoms with E-state index >= 15 is 0 Å². The van der Waals surface area contributed by atoms with E-state index in [0.717, 1.165) is 36.3 Å². The summed E-state index contributed by atoms with van der Waals surface area (Å²) in [5.74, 6) is 6.79. The number of nitrogens with zero attached hydrogens (tertiary/aromatic N) is 3. The third-order valence-corrected chi connectivity index (χ3v) is 6.82. The molecule has 6 heteroatoms. The van der Waals surface area contributed by atoms with Crippen LogP contribution in [0.25, 0.3) is 5.69 Å². The number of aliphatic hydroxyl groups excluding tert-OH is 1. The van der Waals surface area contributed by atoms with E-state index in [9.17, 15) is 9.90 Å². The molecule has 6 nitrogen and oxygen atoms in total. The highest BCUT2D eigenvalue weighted by Crippen LogP contribution is 2.37. The highest BCUT2D eigenvalue weighted by molar-refractivity contribution is 5.99. The lowest BCUT2D eigenvalue weighted by Gasteiger charge is -2.21. The van der Waals surface area contributed by atoms with Crippen LogP contribution in [-0.2, 0) is 4.74 Å². The Kier molecular flexibility index (Phi) is 5.16. The van der Waals surface area contributed by atoms with Crippen molar-refractivity contribution in [2.45, 2.75) is 44.4 Å². The van der Waals surface area contributed by atoms with Crippen LogP contribution in [0.2, 0.25) is 0 Å². The first kappa shape index (κ1) is 20.0. The molecule has 1 aromatic carbocycles. The number of aliphatic hydroxyl groups is 1. The van der Waals surface area contributed by atoms with E-state index in [-0.39, 0.29) is 23.8 Å². The van der Waals surface area contributed by atoms with Crippen molar-refractivity contribution in [2.75, 3.05) is 19.8 Å². The Balaban J connectivity index is 1.48. The third kappa shape index (κ3) is 3.58. The fourth-order valence-corrected chi connectivity index (χ4v) is 5.06. The summed E-state index contributed by atoms with van der Waals surface area (Å²) in [6.07, 6.45) is 2.47. The Hall–Kier alpha value is -2.90. The third-order valence-electron chi connectivity index (χ3n) is 6.82. The summed E-state index contributed by atoms with van der Waals surface area (Å²) >= 11 is 0. The minimum atomic E-state index is -0.318. The van der Waals surface area contributed by atoms with Crippen LogP contribution in [0.4, 0.5) is 0 Å². The molecule has 2 bridgehead atoms. The fourth-order valence-electron chi connectivity index (χ4n) is 5.06. The lowest BCUT2D eigenvalue weighted by atomic mass is 9.98. The number of carbonyl (C=O) groups is 1. The van der Waals surface area contributed by atoms with Crippen LogP contribution in [0.3, 0.4) is 0 Å². The zero-order valence-corrected chi connectivity index (χ0v) is 17.5. The Morgan fingerprint density at radius 3 is 2.61 bits per heavy atom. The average molecular weight is 415 g/mol. The lowest BCUT2D eigenvalue weighted by molar-refractivity contribution is -0.00301. The van der Waals surface area contributed by atoms with E-state index in [2.05, 4.69) is 22.8 Å².